The fraction of sp³-hybridized carbons (Fsp3) is 0.0417. The highest BCUT2D eigenvalue weighted by Crippen LogP contribution is 2.29. The van der Waals surface area contributed by atoms with Gasteiger partial charge in [0.25, 0.3) is 0 Å². The third-order valence-corrected chi connectivity index (χ3v) is 5.17. The smallest absolute Gasteiger partial charge is 0.248 e. The topological polar surface area (TPSA) is 77.6 Å². The molecule has 0 saturated heterocycles. The molecule has 30 heavy (non-hydrogen) atoms. The van der Waals surface area contributed by atoms with Gasteiger partial charge >= 0.3 is 0 Å². The number of fused-ring (bicyclic) bond motifs is 4. The molecule has 0 aliphatic rings. The Bertz CT molecular complexity index is 1540. The number of hydrogen-bond acceptors (Lipinski definition) is 6. The molecule has 0 atom stereocenters. The Hall–Kier alpha value is -4.19. The van der Waals surface area contributed by atoms with E-state index in [1.54, 1.807) is 12.4 Å². The molecular weight excluding hydrogens is 374 g/mol. The van der Waals surface area contributed by atoms with Crippen LogP contribution in [-0.2, 0) is 0 Å². The number of nitrogens with zero attached hydrogens (tertiary/aromatic N) is 5. The van der Waals surface area contributed by atoms with Crippen molar-refractivity contribution >= 4 is 32.9 Å². The molecule has 0 radical (unpaired) electrons. The SMILES string of the molecule is Cc1nc(-c2ccnc(-c3nc4cccnc4o3)c2)nc2ccc3ccccc3c12. The zero-order valence-electron chi connectivity index (χ0n) is 16.1. The second-order valence-electron chi connectivity index (χ2n) is 7.09. The standard InChI is InChI=1S/C24H15N5O/c1-14-21-17-6-3-2-5-15(17)8-9-18(21)28-22(27-14)16-10-12-25-20(13-16)24-29-19-7-4-11-26-23(19)30-24/h2-13H,1H3. The lowest BCUT2D eigenvalue weighted by Crippen LogP contribution is -1.96. The molecule has 0 fully saturated rings. The van der Waals surface area contributed by atoms with Crippen molar-refractivity contribution < 1.29 is 4.42 Å². The Morgan fingerprint density at radius 3 is 2.63 bits per heavy atom. The number of aromatic nitrogens is 5. The first kappa shape index (κ1) is 16.7. The van der Waals surface area contributed by atoms with E-state index >= 15 is 0 Å². The summed E-state index contributed by atoms with van der Waals surface area (Å²) in [5.41, 5.74) is 4.52. The van der Waals surface area contributed by atoms with Crippen molar-refractivity contribution in [1.82, 2.24) is 24.9 Å². The van der Waals surface area contributed by atoms with Crippen molar-refractivity contribution in [3.63, 3.8) is 0 Å². The summed E-state index contributed by atoms with van der Waals surface area (Å²) in [6.07, 6.45) is 3.40. The second kappa shape index (κ2) is 6.42. The predicted molar refractivity (Wildman–Crippen MR) is 116 cm³/mol. The van der Waals surface area contributed by atoms with E-state index in [9.17, 15) is 0 Å². The summed E-state index contributed by atoms with van der Waals surface area (Å²) in [7, 11) is 0. The molecule has 4 aromatic heterocycles. The molecule has 6 nitrogen and oxygen atoms in total. The molecular formula is C24H15N5O. The van der Waals surface area contributed by atoms with E-state index in [0.29, 0.717) is 28.6 Å². The molecule has 0 unspecified atom stereocenters. The van der Waals surface area contributed by atoms with Gasteiger partial charge in [0.2, 0.25) is 11.6 Å². The number of pyridine rings is 2. The van der Waals surface area contributed by atoms with Crippen molar-refractivity contribution in [1.29, 1.82) is 0 Å². The first-order valence-corrected chi connectivity index (χ1v) is 9.61. The number of rotatable bonds is 2. The molecule has 6 rings (SSSR count). The average molecular weight is 389 g/mol. The maximum Gasteiger partial charge on any atom is 0.248 e. The van der Waals surface area contributed by atoms with E-state index in [4.69, 9.17) is 14.4 Å². The predicted octanol–water partition coefficient (Wildman–Crippen LogP) is 5.36. The Balaban J connectivity index is 1.50. The number of aryl methyl sites for hydroxylation is 1. The van der Waals surface area contributed by atoms with Crippen LogP contribution in [-0.4, -0.2) is 24.9 Å². The number of hydrogen-bond donors (Lipinski definition) is 0. The van der Waals surface area contributed by atoms with Crippen LogP contribution in [0.2, 0.25) is 0 Å². The average Bonchev–Trinajstić information content (AvgIpc) is 3.23. The van der Waals surface area contributed by atoms with Gasteiger partial charge in [-0.3, -0.25) is 4.98 Å². The second-order valence-corrected chi connectivity index (χ2v) is 7.09. The first-order valence-electron chi connectivity index (χ1n) is 9.61. The summed E-state index contributed by atoms with van der Waals surface area (Å²) < 4.78 is 5.76. The molecule has 2 aromatic carbocycles. The van der Waals surface area contributed by atoms with Gasteiger partial charge in [0.05, 0.1) is 5.52 Å². The van der Waals surface area contributed by atoms with Crippen molar-refractivity contribution in [3.8, 4) is 23.0 Å². The fourth-order valence-corrected chi connectivity index (χ4v) is 3.78. The molecule has 0 amide bonds. The largest absolute Gasteiger partial charge is 0.416 e. The summed E-state index contributed by atoms with van der Waals surface area (Å²) >= 11 is 0. The van der Waals surface area contributed by atoms with Crippen LogP contribution in [0.25, 0.3) is 55.9 Å². The van der Waals surface area contributed by atoms with Crippen LogP contribution in [0.3, 0.4) is 0 Å². The van der Waals surface area contributed by atoms with Crippen molar-refractivity contribution in [2.75, 3.05) is 0 Å². The van der Waals surface area contributed by atoms with E-state index in [2.05, 4.69) is 33.2 Å². The fourth-order valence-electron chi connectivity index (χ4n) is 3.78. The third-order valence-electron chi connectivity index (χ3n) is 5.17. The van der Waals surface area contributed by atoms with Crippen LogP contribution in [0.4, 0.5) is 0 Å². The summed E-state index contributed by atoms with van der Waals surface area (Å²) in [5, 5.41) is 3.42. The minimum atomic E-state index is 0.425. The summed E-state index contributed by atoms with van der Waals surface area (Å²) in [4.78, 5) is 22.7. The maximum atomic E-state index is 5.76. The van der Waals surface area contributed by atoms with Gasteiger partial charge in [0, 0.05) is 29.0 Å². The molecule has 6 aromatic rings. The van der Waals surface area contributed by atoms with Crippen LogP contribution in [0.15, 0.2) is 77.5 Å². The van der Waals surface area contributed by atoms with Crippen molar-refractivity contribution in [2.24, 2.45) is 0 Å². The van der Waals surface area contributed by atoms with Gasteiger partial charge in [-0.1, -0.05) is 30.3 Å². The third kappa shape index (κ3) is 2.62. The minimum absolute atomic E-state index is 0.425. The maximum absolute atomic E-state index is 5.76. The highest BCUT2D eigenvalue weighted by atomic mass is 16.4. The summed E-state index contributed by atoms with van der Waals surface area (Å²) in [5.74, 6) is 1.07. The minimum Gasteiger partial charge on any atom is -0.416 e. The molecule has 0 spiro atoms. The van der Waals surface area contributed by atoms with Gasteiger partial charge in [-0.15, -0.1) is 0 Å². The van der Waals surface area contributed by atoms with Gasteiger partial charge < -0.3 is 4.42 Å². The monoisotopic (exact) mass is 389 g/mol. The quantitative estimate of drug-likeness (QED) is 0.371. The summed E-state index contributed by atoms with van der Waals surface area (Å²) in [6.45, 7) is 2.02. The lowest BCUT2D eigenvalue weighted by Gasteiger charge is -2.09. The Labute approximate surface area is 171 Å². The Morgan fingerprint density at radius 1 is 0.767 bits per heavy atom. The molecule has 4 heterocycles. The highest BCUT2D eigenvalue weighted by Gasteiger charge is 2.14. The first-order chi connectivity index (χ1) is 14.8. The van der Waals surface area contributed by atoms with Crippen LogP contribution in [0.1, 0.15) is 5.69 Å². The molecule has 0 aliphatic heterocycles. The van der Waals surface area contributed by atoms with Crippen LogP contribution in [0.5, 0.6) is 0 Å². The molecule has 0 N–H and O–H groups in total. The zero-order chi connectivity index (χ0) is 20.1. The van der Waals surface area contributed by atoms with E-state index in [1.807, 2.05) is 49.4 Å². The summed E-state index contributed by atoms with van der Waals surface area (Å²) in [6, 6.07) is 19.9. The highest BCUT2D eigenvalue weighted by molar-refractivity contribution is 6.07. The number of oxazole rings is 1. The molecule has 6 heteroatoms. The number of benzene rings is 2. The zero-order valence-corrected chi connectivity index (χ0v) is 16.1. The lowest BCUT2D eigenvalue weighted by molar-refractivity contribution is 0.605. The van der Waals surface area contributed by atoms with E-state index in [1.165, 1.54) is 5.39 Å². The van der Waals surface area contributed by atoms with Crippen LogP contribution in [0, 0.1) is 6.92 Å². The normalized spacial score (nSPS) is 11.5. The van der Waals surface area contributed by atoms with Crippen LogP contribution < -0.4 is 0 Å². The van der Waals surface area contributed by atoms with Gasteiger partial charge in [0.1, 0.15) is 11.2 Å². The van der Waals surface area contributed by atoms with E-state index in [0.717, 1.165) is 27.5 Å². The van der Waals surface area contributed by atoms with Gasteiger partial charge in [-0.25, -0.2) is 19.9 Å². The van der Waals surface area contributed by atoms with E-state index in [-0.39, 0.29) is 0 Å². The van der Waals surface area contributed by atoms with Gasteiger partial charge in [-0.2, -0.15) is 0 Å². The molecule has 0 aliphatic carbocycles. The Kier molecular flexibility index (Phi) is 3.58. The molecule has 142 valence electrons. The van der Waals surface area contributed by atoms with Gasteiger partial charge in [0.15, 0.2) is 5.82 Å². The van der Waals surface area contributed by atoms with Crippen LogP contribution >= 0.6 is 0 Å². The molecule has 0 bridgehead atoms. The van der Waals surface area contributed by atoms with E-state index < -0.39 is 0 Å². The van der Waals surface area contributed by atoms with Crippen molar-refractivity contribution in [3.05, 3.63) is 78.8 Å². The van der Waals surface area contributed by atoms with Crippen molar-refractivity contribution in [2.45, 2.75) is 6.92 Å². The lowest BCUT2D eigenvalue weighted by atomic mass is 10.0. The molecule has 0 saturated carbocycles. The van der Waals surface area contributed by atoms with Gasteiger partial charge in [-0.05, 0) is 48.0 Å². The Morgan fingerprint density at radius 2 is 1.70 bits per heavy atom.